The Morgan fingerprint density at radius 3 is 2.33 bits per heavy atom. The summed E-state index contributed by atoms with van der Waals surface area (Å²) in [5, 5.41) is 11.6. The van der Waals surface area contributed by atoms with Gasteiger partial charge in [0.2, 0.25) is 0 Å². The van der Waals surface area contributed by atoms with Crippen LogP contribution in [0.25, 0.3) is 0 Å². The zero-order valence-corrected chi connectivity index (χ0v) is 14.1. The number of benzene rings is 1. The van der Waals surface area contributed by atoms with Gasteiger partial charge in [-0.2, -0.15) is 0 Å². The number of halogens is 2. The van der Waals surface area contributed by atoms with Crippen LogP contribution >= 0.6 is 31.9 Å². The summed E-state index contributed by atoms with van der Waals surface area (Å²) in [5.41, 5.74) is 0.586. The Morgan fingerprint density at radius 1 is 1.19 bits per heavy atom. The Hall–Kier alpha value is -1.60. The van der Waals surface area contributed by atoms with Gasteiger partial charge in [0, 0.05) is 14.5 Å². The van der Waals surface area contributed by atoms with Crippen LogP contribution in [-0.4, -0.2) is 17.0 Å². The Balaban J connectivity index is 2.07. The number of carboxylic acids is 1. The first-order valence-corrected chi connectivity index (χ1v) is 7.52. The third-order valence-corrected chi connectivity index (χ3v) is 3.66. The maximum Gasteiger partial charge on any atom is 0.339 e. The van der Waals surface area contributed by atoms with Crippen LogP contribution in [0.4, 0.5) is 0 Å². The van der Waals surface area contributed by atoms with Crippen molar-refractivity contribution in [3.05, 3.63) is 55.9 Å². The predicted molar refractivity (Wildman–Crippen MR) is 83.4 cm³/mol. The second-order valence-corrected chi connectivity index (χ2v) is 6.16. The van der Waals surface area contributed by atoms with Crippen LogP contribution in [-0.2, 0) is 6.54 Å². The van der Waals surface area contributed by atoms with Crippen LogP contribution in [0.15, 0.2) is 37.6 Å². The van der Waals surface area contributed by atoms with Gasteiger partial charge in [-0.1, -0.05) is 31.9 Å². The summed E-state index contributed by atoms with van der Waals surface area (Å²) in [6.07, 6.45) is 0. The number of amides is 1. The first-order valence-electron chi connectivity index (χ1n) is 5.93. The summed E-state index contributed by atoms with van der Waals surface area (Å²) in [6.45, 7) is 1.69. The Bertz CT molecular complexity index is 689. The summed E-state index contributed by atoms with van der Waals surface area (Å²) < 4.78 is 6.86. The fourth-order valence-corrected chi connectivity index (χ4v) is 3.09. The molecular formula is C14H11Br2NO4. The molecule has 2 rings (SSSR count). The van der Waals surface area contributed by atoms with Crippen molar-refractivity contribution < 1.29 is 19.1 Å². The lowest BCUT2D eigenvalue weighted by Gasteiger charge is -2.04. The van der Waals surface area contributed by atoms with E-state index in [1.165, 1.54) is 6.07 Å². The van der Waals surface area contributed by atoms with Crippen LogP contribution in [0.1, 0.15) is 32.2 Å². The molecule has 2 N–H and O–H groups in total. The minimum Gasteiger partial charge on any atom is -0.478 e. The maximum atomic E-state index is 12.0. The van der Waals surface area contributed by atoms with E-state index in [2.05, 4.69) is 37.2 Å². The number of rotatable bonds is 4. The molecule has 2 aromatic rings. The molecule has 0 aliphatic rings. The van der Waals surface area contributed by atoms with Gasteiger partial charge in [-0.05, 0) is 31.2 Å². The first kappa shape index (κ1) is 15.8. The highest BCUT2D eigenvalue weighted by Gasteiger charge is 2.14. The lowest BCUT2D eigenvalue weighted by Crippen LogP contribution is -2.22. The molecule has 0 atom stereocenters. The van der Waals surface area contributed by atoms with E-state index in [1.54, 1.807) is 19.1 Å². The van der Waals surface area contributed by atoms with Crippen LogP contribution < -0.4 is 5.32 Å². The molecule has 0 aliphatic heterocycles. The normalized spacial score (nSPS) is 10.4. The van der Waals surface area contributed by atoms with Crippen LogP contribution in [0.3, 0.4) is 0 Å². The van der Waals surface area contributed by atoms with Crippen molar-refractivity contribution in [3.63, 3.8) is 0 Å². The number of carboxylic acid groups (broad SMARTS) is 1. The Morgan fingerprint density at radius 2 is 1.81 bits per heavy atom. The molecule has 110 valence electrons. The van der Waals surface area contributed by atoms with E-state index in [4.69, 9.17) is 9.52 Å². The van der Waals surface area contributed by atoms with Gasteiger partial charge in [-0.25, -0.2) is 4.79 Å². The number of carbonyl (C=O) groups excluding carboxylic acids is 1. The predicted octanol–water partition coefficient (Wildman–Crippen LogP) is 3.74. The SMILES string of the molecule is Cc1oc(CNC(=O)c2cc(Br)cc(Br)c2)cc1C(=O)O. The molecule has 5 nitrogen and oxygen atoms in total. The molecule has 7 heteroatoms. The molecule has 21 heavy (non-hydrogen) atoms. The van der Waals surface area contributed by atoms with E-state index in [9.17, 15) is 9.59 Å². The number of aryl methyl sites for hydroxylation is 1. The first-order chi connectivity index (χ1) is 9.86. The van der Waals surface area contributed by atoms with Gasteiger partial charge >= 0.3 is 5.97 Å². The van der Waals surface area contributed by atoms with Crippen molar-refractivity contribution in [1.29, 1.82) is 0 Å². The lowest BCUT2D eigenvalue weighted by molar-refractivity contribution is 0.0694. The Kier molecular flexibility index (Phi) is 4.84. The molecule has 1 amide bonds. The van der Waals surface area contributed by atoms with E-state index in [1.807, 2.05) is 6.07 Å². The highest BCUT2D eigenvalue weighted by Crippen LogP contribution is 2.20. The molecule has 1 aromatic carbocycles. The summed E-state index contributed by atoms with van der Waals surface area (Å²) in [7, 11) is 0. The van der Waals surface area contributed by atoms with Crippen molar-refractivity contribution in [3.8, 4) is 0 Å². The highest BCUT2D eigenvalue weighted by molar-refractivity contribution is 9.11. The largest absolute Gasteiger partial charge is 0.478 e. The zero-order valence-electron chi connectivity index (χ0n) is 10.9. The molecule has 0 spiro atoms. The molecular weight excluding hydrogens is 406 g/mol. The molecule has 0 unspecified atom stereocenters. The minimum absolute atomic E-state index is 0.101. The second kappa shape index (κ2) is 6.44. The third kappa shape index (κ3) is 3.95. The monoisotopic (exact) mass is 415 g/mol. The lowest BCUT2D eigenvalue weighted by atomic mass is 10.2. The van der Waals surface area contributed by atoms with Gasteiger partial charge in [-0.3, -0.25) is 4.79 Å². The number of furan rings is 1. The summed E-state index contributed by atoms with van der Waals surface area (Å²) in [4.78, 5) is 22.9. The van der Waals surface area contributed by atoms with Crippen molar-refractivity contribution in [2.45, 2.75) is 13.5 Å². The third-order valence-electron chi connectivity index (χ3n) is 2.75. The topological polar surface area (TPSA) is 79.5 Å². The minimum atomic E-state index is -1.05. The van der Waals surface area contributed by atoms with Gasteiger partial charge in [0.15, 0.2) is 0 Å². The van der Waals surface area contributed by atoms with Crippen molar-refractivity contribution in [2.24, 2.45) is 0 Å². The van der Waals surface area contributed by atoms with Crippen LogP contribution in [0.2, 0.25) is 0 Å². The average Bonchev–Trinajstić information content (AvgIpc) is 2.76. The molecule has 0 bridgehead atoms. The van der Waals surface area contributed by atoms with Gasteiger partial charge in [0.05, 0.1) is 6.54 Å². The molecule has 0 fully saturated rings. The standard InChI is InChI=1S/C14H11Br2NO4/c1-7-12(14(19)20)5-11(21-7)6-17-13(18)8-2-9(15)4-10(16)3-8/h2-5H,6H2,1H3,(H,17,18)(H,19,20). The molecule has 0 radical (unpaired) electrons. The average molecular weight is 417 g/mol. The summed E-state index contributed by atoms with van der Waals surface area (Å²) in [6, 6.07) is 6.62. The van der Waals surface area contributed by atoms with Crippen LogP contribution in [0.5, 0.6) is 0 Å². The van der Waals surface area contributed by atoms with Crippen LogP contribution in [0, 0.1) is 6.92 Å². The van der Waals surface area contributed by atoms with E-state index < -0.39 is 5.97 Å². The molecule has 0 saturated heterocycles. The number of hydrogen-bond acceptors (Lipinski definition) is 3. The van der Waals surface area contributed by atoms with E-state index >= 15 is 0 Å². The number of carbonyl (C=O) groups is 2. The van der Waals surface area contributed by atoms with Crippen molar-refractivity contribution in [2.75, 3.05) is 0 Å². The van der Waals surface area contributed by atoms with E-state index in [0.717, 1.165) is 8.95 Å². The molecule has 1 heterocycles. The summed E-state index contributed by atoms with van der Waals surface area (Å²) >= 11 is 6.62. The smallest absolute Gasteiger partial charge is 0.339 e. The maximum absolute atomic E-state index is 12.0. The fraction of sp³-hybridized carbons (Fsp3) is 0.143. The molecule has 1 aromatic heterocycles. The Labute approximate surface area is 137 Å². The zero-order chi connectivity index (χ0) is 15.6. The highest BCUT2D eigenvalue weighted by atomic mass is 79.9. The van der Waals surface area contributed by atoms with Gasteiger partial charge in [0.1, 0.15) is 17.1 Å². The van der Waals surface area contributed by atoms with Crippen molar-refractivity contribution in [1.82, 2.24) is 5.32 Å². The number of aromatic carboxylic acids is 1. The summed E-state index contributed by atoms with van der Waals surface area (Å²) in [5.74, 6) is -0.614. The fourth-order valence-electron chi connectivity index (χ4n) is 1.80. The van der Waals surface area contributed by atoms with E-state index in [0.29, 0.717) is 17.1 Å². The van der Waals surface area contributed by atoms with Gasteiger partial charge in [-0.15, -0.1) is 0 Å². The second-order valence-electron chi connectivity index (χ2n) is 4.33. The van der Waals surface area contributed by atoms with Gasteiger partial charge < -0.3 is 14.8 Å². The van der Waals surface area contributed by atoms with Gasteiger partial charge in [0.25, 0.3) is 5.91 Å². The quantitative estimate of drug-likeness (QED) is 0.795. The number of nitrogens with one attached hydrogen (secondary N) is 1. The molecule has 0 saturated carbocycles. The molecule has 0 aliphatic carbocycles. The van der Waals surface area contributed by atoms with Crippen molar-refractivity contribution >= 4 is 43.7 Å². The van der Waals surface area contributed by atoms with E-state index in [-0.39, 0.29) is 18.0 Å². The number of hydrogen-bond donors (Lipinski definition) is 2.